The summed E-state index contributed by atoms with van der Waals surface area (Å²) in [5, 5.41) is 29.1. The van der Waals surface area contributed by atoms with E-state index < -0.39 is 30.0 Å². The summed E-state index contributed by atoms with van der Waals surface area (Å²) < 4.78 is 0. The van der Waals surface area contributed by atoms with E-state index in [9.17, 15) is 9.59 Å². The van der Waals surface area contributed by atoms with Crippen LogP contribution in [0.25, 0.3) is 0 Å². The molecular formula is C11H21NO5. The number of aliphatic carboxylic acids is 1. The topological polar surface area (TPSA) is 107 Å². The van der Waals surface area contributed by atoms with Gasteiger partial charge in [0.25, 0.3) is 0 Å². The number of carboxylic acid groups (broad SMARTS) is 1. The highest BCUT2D eigenvalue weighted by Gasteiger charge is 2.38. The Hall–Kier alpha value is -1.14. The van der Waals surface area contributed by atoms with Gasteiger partial charge < -0.3 is 20.6 Å². The van der Waals surface area contributed by atoms with Crippen molar-refractivity contribution in [3.8, 4) is 0 Å². The number of carboxylic acids is 1. The Morgan fingerprint density at radius 1 is 1.35 bits per heavy atom. The lowest BCUT2D eigenvalue weighted by Gasteiger charge is -2.28. The molecule has 0 aliphatic heterocycles. The molecule has 0 rings (SSSR count). The van der Waals surface area contributed by atoms with E-state index in [-0.39, 0.29) is 18.9 Å². The SMILES string of the molecule is CC(C)C(C)(CC(=O)NCC(O)CO)C(=O)O. The van der Waals surface area contributed by atoms with Crippen molar-refractivity contribution in [2.45, 2.75) is 33.3 Å². The van der Waals surface area contributed by atoms with Crippen LogP contribution in [0.15, 0.2) is 0 Å². The summed E-state index contributed by atoms with van der Waals surface area (Å²) in [6, 6.07) is 0. The second-order valence-corrected chi connectivity index (χ2v) is 4.69. The molecule has 0 saturated carbocycles. The smallest absolute Gasteiger partial charge is 0.310 e. The van der Waals surface area contributed by atoms with Gasteiger partial charge in [0.05, 0.1) is 18.1 Å². The molecule has 2 unspecified atom stereocenters. The molecule has 0 aromatic heterocycles. The van der Waals surface area contributed by atoms with E-state index in [0.717, 1.165) is 0 Å². The fraction of sp³-hybridized carbons (Fsp3) is 0.818. The third kappa shape index (κ3) is 4.70. The van der Waals surface area contributed by atoms with E-state index in [2.05, 4.69) is 5.32 Å². The largest absolute Gasteiger partial charge is 0.481 e. The molecule has 0 heterocycles. The fourth-order valence-corrected chi connectivity index (χ4v) is 1.22. The molecule has 0 bridgehead atoms. The van der Waals surface area contributed by atoms with Crippen LogP contribution in [-0.4, -0.2) is 46.5 Å². The molecule has 17 heavy (non-hydrogen) atoms. The standard InChI is InChI=1S/C11H21NO5/c1-7(2)11(3,10(16)17)4-9(15)12-5-8(14)6-13/h7-8,13-14H,4-6H2,1-3H3,(H,12,15)(H,16,17). The molecule has 0 aromatic carbocycles. The molecule has 0 spiro atoms. The number of nitrogens with one attached hydrogen (secondary N) is 1. The lowest BCUT2D eigenvalue weighted by Crippen LogP contribution is -2.41. The van der Waals surface area contributed by atoms with Gasteiger partial charge in [-0.2, -0.15) is 0 Å². The van der Waals surface area contributed by atoms with Crippen LogP contribution < -0.4 is 5.32 Å². The van der Waals surface area contributed by atoms with Gasteiger partial charge >= 0.3 is 5.97 Å². The Kier molecular flexibility index (Phi) is 6.12. The lowest BCUT2D eigenvalue weighted by atomic mass is 9.76. The minimum atomic E-state index is -1.13. The van der Waals surface area contributed by atoms with E-state index in [1.807, 2.05) is 0 Å². The number of amides is 1. The van der Waals surface area contributed by atoms with Crippen LogP contribution in [0, 0.1) is 11.3 Å². The van der Waals surface area contributed by atoms with Gasteiger partial charge in [-0.15, -0.1) is 0 Å². The van der Waals surface area contributed by atoms with Gasteiger partial charge in [-0.25, -0.2) is 0 Å². The normalized spacial score (nSPS) is 16.4. The van der Waals surface area contributed by atoms with Crippen LogP contribution >= 0.6 is 0 Å². The Labute approximate surface area is 101 Å². The Morgan fingerprint density at radius 3 is 2.24 bits per heavy atom. The van der Waals surface area contributed by atoms with E-state index >= 15 is 0 Å². The average molecular weight is 247 g/mol. The third-order valence-electron chi connectivity index (χ3n) is 3.04. The maximum absolute atomic E-state index is 11.5. The summed E-state index contributed by atoms with van der Waals surface area (Å²) in [6.45, 7) is 4.47. The van der Waals surface area contributed by atoms with Crippen molar-refractivity contribution >= 4 is 11.9 Å². The van der Waals surface area contributed by atoms with E-state index in [1.165, 1.54) is 6.92 Å². The molecular weight excluding hydrogens is 226 g/mol. The summed E-state index contributed by atoms with van der Waals surface area (Å²) in [4.78, 5) is 22.6. The quantitative estimate of drug-likeness (QED) is 0.489. The van der Waals surface area contributed by atoms with Gasteiger partial charge in [-0.05, 0) is 12.8 Å². The summed E-state index contributed by atoms with van der Waals surface area (Å²) in [6.07, 6.45) is -1.17. The maximum Gasteiger partial charge on any atom is 0.310 e. The van der Waals surface area contributed by atoms with Crippen LogP contribution in [0.1, 0.15) is 27.2 Å². The predicted molar refractivity (Wildman–Crippen MR) is 61.3 cm³/mol. The minimum Gasteiger partial charge on any atom is -0.481 e. The van der Waals surface area contributed by atoms with Gasteiger partial charge in [0.1, 0.15) is 0 Å². The van der Waals surface area contributed by atoms with Crippen molar-refractivity contribution in [2.75, 3.05) is 13.2 Å². The second-order valence-electron chi connectivity index (χ2n) is 4.69. The zero-order valence-corrected chi connectivity index (χ0v) is 10.4. The molecule has 0 aliphatic carbocycles. The van der Waals surface area contributed by atoms with Crippen LogP contribution in [0.5, 0.6) is 0 Å². The molecule has 0 aliphatic rings. The fourth-order valence-electron chi connectivity index (χ4n) is 1.22. The Bertz CT molecular complexity index is 279. The van der Waals surface area contributed by atoms with E-state index in [4.69, 9.17) is 15.3 Å². The van der Waals surface area contributed by atoms with Crippen LogP contribution in [0.2, 0.25) is 0 Å². The highest BCUT2D eigenvalue weighted by Crippen LogP contribution is 2.31. The monoisotopic (exact) mass is 247 g/mol. The summed E-state index contributed by atoms with van der Waals surface area (Å²) in [5.74, 6) is -1.66. The number of carbonyl (C=O) groups excluding carboxylic acids is 1. The van der Waals surface area contributed by atoms with Crippen LogP contribution in [0.4, 0.5) is 0 Å². The molecule has 100 valence electrons. The molecule has 0 saturated heterocycles. The number of carbonyl (C=O) groups is 2. The number of hydrogen-bond donors (Lipinski definition) is 4. The van der Waals surface area contributed by atoms with Crippen molar-refractivity contribution in [2.24, 2.45) is 11.3 Å². The highest BCUT2D eigenvalue weighted by atomic mass is 16.4. The zero-order chi connectivity index (χ0) is 13.6. The van der Waals surface area contributed by atoms with E-state index in [1.54, 1.807) is 13.8 Å². The van der Waals surface area contributed by atoms with Crippen molar-refractivity contribution in [3.05, 3.63) is 0 Å². The molecule has 4 N–H and O–H groups in total. The number of aliphatic hydroxyl groups is 2. The summed E-state index contributed by atoms with van der Waals surface area (Å²) in [7, 11) is 0. The molecule has 0 aromatic rings. The first-order valence-electron chi connectivity index (χ1n) is 5.53. The van der Waals surface area contributed by atoms with Gasteiger partial charge in [-0.1, -0.05) is 13.8 Å². The lowest BCUT2D eigenvalue weighted by molar-refractivity contribution is -0.153. The zero-order valence-electron chi connectivity index (χ0n) is 10.4. The Balaban J connectivity index is 4.39. The molecule has 2 atom stereocenters. The molecule has 0 radical (unpaired) electrons. The number of hydrogen-bond acceptors (Lipinski definition) is 4. The molecule has 0 fully saturated rings. The third-order valence-corrected chi connectivity index (χ3v) is 3.04. The molecule has 6 nitrogen and oxygen atoms in total. The summed E-state index contributed by atoms with van der Waals surface area (Å²) in [5.41, 5.74) is -1.13. The van der Waals surface area contributed by atoms with Gasteiger partial charge in [0.15, 0.2) is 0 Å². The first-order chi connectivity index (χ1) is 7.74. The van der Waals surface area contributed by atoms with Crippen molar-refractivity contribution in [1.29, 1.82) is 0 Å². The predicted octanol–water partition coefficient (Wildman–Crippen LogP) is -0.407. The number of rotatable bonds is 7. The molecule has 1 amide bonds. The summed E-state index contributed by atoms with van der Waals surface area (Å²) >= 11 is 0. The van der Waals surface area contributed by atoms with Crippen LogP contribution in [0.3, 0.4) is 0 Å². The van der Waals surface area contributed by atoms with E-state index in [0.29, 0.717) is 0 Å². The van der Waals surface area contributed by atoms with Gasteiger partial charge in [-0.3, -0.25) is 9.59 Å². The van der Waals surface area contributed by atoms with Crippen molar-refractivity contribution in [1.82, 2.24) is 5.32 Å². The first-order valence-corrected chi connectivity index (χ1v) is 5.53. The van der Waals surface area contributed by atoms with Crippen molar-refractivity contribution < 1.29 is 24.9 Å². The first kappa shape index (κ1) is 15.9. The second kappa shape index (κ2) is 6.56. The van der Waals surface area contributed by atoms with Gasteiger partial charge in [0, 0.05) is 13.0 Å². The minimum absolute atomic E-state index is 0.0802. The van der Waals surface area contributed by atoms with Crippen molar-refractivity contribution in [3.63, 3.8) is 0 Å². The molecule has 6 heteroatoms. The van der Waals surface area contributed by atoms with Crippen LogP contribution in [-0.2, 0) is 9.59 Å². The average Bonchev–Trinajstić information content (AvgIpc) is 2.25. The Morgan fingerprint density at radius 2 is 1.88 bits per heavy atom. The highest BCUT2D eigenvalue weighted by molar-refractivity contribution is 5.84. The number of aliphatic hydroxyl groups excluding tert-OH is 2. The maximum atomic E-state index is 11.5. The van der Waals surface area contributed by atoms with Gasteiger partial charge in [0.2, 0.25) is 5.91 Å².